The van der Waals surface area contributed by atoms with Gasteiger partial charge in [-0.05, 0) is 38.5 Å². The molecule has 3 N–H and O–H groups in total. The number of nitrogen functional groups attached to an aromatic ring is 1. The van der Waals surface area contributed by atoms with Crippen molar-refractivity contribution in [1.82, 2.24) is 19.6 Å². The molecule has 230 valence electrons. The summed E-state index contributed by atoms with van der Waals surface area (Å²) in [6.45, 7) is 4.10. The molecule has 2 aliphatic heterocycles. The lowest BCUT2D eigenvalue weighted by atomic mass is 10.0. The van der Waals surface area contributed by atoms with Crippen LogP contribution < -0.4 is 11.1 Å². The Balaban J connectivity index is 1.35. The van der Waals surface area contributed by atoms with Gasteiger partial charge in [-0.3, -0.25) is 24.5 Å². The number of rotatable bonds is 10. The molecule has 2 unspecified atom stereocenters. The molecular formula is C24H26ClN7O9S2. The third-order valence-corrected chi connectivity index (χ3v) is 8.48. The van der Waals surface area contributed by atoms with Gasteiger partial charge in [0.25, 0.3) is 11.6 Å². The lowest BCUT2D eigenvalue weighted by Crippen LogP contribution is -2.74. The number of oxime groups is 1. The summed E-state index contributed by atoms with van der Waals surface area (Å²) >= 11 is 8.53. The molecule has 3 atom stereocenters. The zero-order valence-electron chi connectivity index (χ0n) is 23.0. The standard InChI is InChI=1S/C24H26ClN7O9S2/c1-23(2,3)41-14(33)9-40-29-15(17-28-22(26)43-30-17)18(34)27-16-19(35)31-10-24(25,11-42-20(16)31)21(36)39-8-12-4-6-13(7-5-12)32(37)38/h4-7,16,20H,8-11H2,1-3H3,(H,27,34)(H2,26,28,30)/t16?,20-,24?/m1/s1. The predicted octanol–water partition coefficient (Wildman–Crippen LogP) is 1.21. The monoisotopic (exact) mass is 655 g/mol. The van der Waals surface area contributed by atoms with Gasteiger partial charge in [-0.15, -0.1) is 23.4 Å². The first-order valence-electron chi connectivity index (χ1n) is 12.5. The minimum Gasteiger partial charge on any atom is -0.459 e. The van der Waals surface area contributed by atoms with Gasteiger partial charge in [0, 0.05) is 29.4 Å². The number of nitro groups is 1. The van der Waals surface area contributed by atoms with Crippen LogP contribution in [0.2, 0.25) is 0 Å². The minimum atomic E-state index is -1.54. The van der Waals surface area contributed by atoms with Crippen molar-refractivity contribution in [2.75, 3.05) is 24.6 Å². The quantitative estimate of drug-likeness (QED) is 0.0919. The summed E-state index contributed by atoms with van der Waals surface area (Å²) in [4.78, 5) is 69.9. The largest absolute Gasteiger partial charge is 0.459 e. The molecular weight excluding hydrogens is 630 g/mol. The second kappa shape index (κ2) is 12.7. The molecule has 4 rings (SSSR count). The zero-order chi connectivity index (χ0) is 31.5. The van der Waals surface area contributed by atoms with Gasteiger partial charge >= 0.3 is 11.9 Å². The normalized spacial score (nSPS) is 21.7. The highest BCUT2D eigenvalue weighted by Gasteiger charge is 2.57. The second-order valence-electron chi connectivity index (χ2n) is 10.3. The highest BCUT2D eigenvalue weighted by atomic mass is 35.5. The van der Waals surface area contributed by atoms with Crippen LogP contribution in [0.25, 0.3) is 0 Å². The van der Waals surface area contributed by atoms with Crippen molar-refractivity contribution in [2.24, 2.45) is 5.16 Å². The van der Waals surface area contributed by atoms with Crippen molar-refractivity contribution in [3.05, 3.63) is 45.8 Å². The zero-order valence-corrected chi connectivity index (χ0v) is 25.4. The van der Waals surface area contributed by atoms with Crippen LogP contribution in [0.4, 0.5) is 10.8 Å². The number of anilines is 1. The number of benzene rings is 1. The number of ether oxygens (including phenoxy) is 2. The van der Waals surface area contributed by atoms with E-state index in [0.717, 1.165) is 11.5 Å². The van der Waals surface area contributed by atoms with Crippen molar-refractivity contribution in [2.45, 2.75) is 49.3 Å². The molecule has 43 heavy (non-hydrogen) atoms. The number of carbonyl (C=O) groups excluding carboxylic acids is 4. The molecule has 19 heteroatoms. The van der Waals surface area contributed by atoms with Gasteiger partial charge in [0.2, 0.25) is 24.1 Å². The maximum absolute atomic E-state index is 13.1. The fourth-order valence-corrected chi connectivity index (χ4v) is 6.09. The van der Waals surface area contributed by atoms with Crippen LogP contribution in [-0.4, -0.2) is 89.4 Å². The number of thioether (sulfide) groups is 1. The van der Waals surface area contributed by atoms with Crippen molar-refractivity contribution >= 4 is 75.2 Å². The molecule has 2 aromatic rings. The molecule has 0 saturated carbocycles. The minimum absolute atomic E-state index is 0.0512. The molecule has 0 spiro atoms. The summed E-state index contributed by atoms with van der Waals surface area (Å²) in [5.41, 5.74) is 4.89. The van der Waals surface area contributed by atoms with Gasteiger partial charge in [-0.25, -0.2) is 4.79 Å². The highest BCUT2D eigenvalue weighted by molar-refractivity contribution is 8.00. The van der Waals surface area contributed by atoms with Crippen LogP contribution in [0.3, 0.4) is 0 Å². The molecule has 1 aromatic heterocycles. The molecule has 2 saturated heterocycles. The molecule has 16 nitrogen and oxygen atoms in total. The third-order valence-electron chi connectivity index (χ3n) is 5.84. The molecule has 0 aliphatic carbocycles. The number of carbonyl (C=O) groups is 4. The van der Waals surface area contributed by atoms with Gasteiger partial charge in [0.1, 0.15) is 23.6 Å². The lowest BCUT2D eigenvalue weighted by Gasteiger charge is -2.52. The fraction of sp³-hybridized carbons (Fsp3) is 0.458. The van der Waals surface area contributed by atoms with E-state index in [1.165, 1.54) is 40.9 Å². The van der Waals surface area contributed by atoms with Crippen LogP contribution in [0.5, 0.6) is 0 Å². The van der Waals surface area contributed by atoms with E-state index in [1.807, 2.05) is 0 Å². The number of non-ortho nitro benzene ring substituents is 1. The smallest absolute Gasteiger partial charge is 0.347 e. The van der Waals surface area contributed by atoms with E-state index in [2.05, 4.69) is 19.8 Å². The number of fused-ring (bicyclic) bond motifs is 1. The van der Waals surface area contributed by atoms with E-state index < -0.39 is 62.9 Å². The number of esters is 2. The number of nitrogens with zero attached hydrogens (tertiary/aromatic N) is 5. The molecule has 1 aromatic carbocycles. The Morgan fingerprint density at radius 3 is 2.60 bits per heavy atom. The molecule has 0 bridgehead atoms. The summed E-state index contributed by atoms with van der Waals surface area (Å²) < 4.78 is 14.4. The Morgan fingerprint density at radius 2 is 2.00 bits per heavy atom. The number of nitrogens with one attached hydrogen (secondary N) is 1. The molecule has 2 aliphatic rings. The first-order valence-corrected chi connectivity index (χ1v) is 14.7. The molecule has 3 heterocycles. The van der Waals surface area contributed by atoms with E-state index in [-0.39, 0.29) is 35.5 Å². The maximum Gasteiger partial charge on any atom is 0.347 e. The lowest BCUT2D eigenvalue weighted by molar-refractivity contribution is -0.384. The number of amides is 2. The van der Waals surface area contributed by atoms with E-state index in [9.17, 15) is 29.3 Å². The highest BCUT2D eigenvalue weighted by Crippen LogP contribution is 2.41. The fourth-order valence-electron chi connectivity index (χ4n) is 3.90. The Labute approximate surface area is 257 Å². The molecule has 2 fully saturated rings. The maximum atomic E-state index is 13.1. The Kier molecular flexibility index (Phi) is 9.41. The average molecular weight is 656 g/mol. The summed E-state index contributed by atoms with van der Waals surface area (Å²) in [5.74, 6) is -2.94. The number of nitro benzene ring substituents is 1. The van der Waals surface area contributed by atoms with E-state index in [1.54, 1.807) is 20.8 Å². The number of halogens is 1. The number of β-lactam (4-membered cyclic amide) rings is 1. The topological polar surface area (TPSA) is 219 Å². The van der Waals surface area contributed by atoms with Crippen LogP contribution in [0.15, 0.2) is 29.4 Å². The number of nitrogens with two attached hydrogens (primary N) is 1. The van der Waals surface area contributed by atoms with Crippen molar-refractivity contribution in [3.8, 4) is 0 Å². The number of hydrogen-bond acceptors (Lipinski definition) is 15. The number of hydrogen-bond donors (Lipinski definition) is 2. The van der Waals surface area contributed by atoms with Crippen LogP contribution in [0, 0.1) is 10.1 Å². The van der Waals surface area contributed by atoms with Crippen molar-refractivity contribution < 1.29 is 38.4 Å². The Bertz CT molecular complexity index is 1460. The van der Waals surface area contributed by atoms with Crippen LogP contribution >= 0.6 is 34.9 Å². The van der Waals surface area contributed by atoms with Gasteiger partial charge in [0.15, 0.2) is 10.0 Å². The SMILES string of the molecule is CC(C)(C)OC(=O)CON=C(C(=O)NC1C(=O)N2CC(Cl)(C(=O)OCc3ccc([N+](=O)[O-])cc3)CS[C@H]12)c1nsc(N)n1. The summed E-state index contributed by atoms with van der Waals surface area (Å²) in [7, 11) is 0. The average Bonchev–Trinajstić information content (AvgIpc) is 3.37. The van der Waals surface area contributed by atoms with E-state index >= 15 is 0 Å². The van der Waals surface area contributed by atoms with Crippen LogP contribution in [-0.2, 0) is 40.1 Å². The third kappa shape index (κ3) is 7.68. The summed E-state index contributed by atoms with van der Waals surface area (Å²) in [5, 5.41) is 16.6. The van der Waals surface area contributed by atoms with Gasteiger partial charge in [-0.2, -0.15) is 9.36 Å². The molecule has 0 radical (unpaired) electrons. The van der Waals surface area contributed by atoms with Gasteiger partial charge in [-0.1, -0.05) is 5.16 Å². The first kappa shape index (κ1) is 31.9. The molecule has 2 amide bonds. The summed E-state index contributed by atoms with van der Waals surface area (Å²) in [6.07, 6.45) is 0. The van der Waals surface area contributed by atoms with Crippen molar-refractivity contribution in [3.63, 3.8) is 0 Å². The van der Waals surface area contributed by atoms with E-state index in [0.29, 0.717) is 5.56 Å². The van der Waals surface area contributed by atoms with Gasteiger partial charge in [0.05, 0.1) is 11.5 Å². The summed E-state index contributed by atoms with van der Waals surface area (Å²) in [6, 6.07) is 4.51. The Hall–Kier alpha value is -4.03. The predicted molar refractivity (Wildman–Crippen MR) is 154 cm³/mol. The second-order valence-corrected chi connectivity index (χ2v) is 13.0. The van der Waals surface area contributed by atoms with Crippen LogP contribution in [0.1, 0.15) is 32.2 Å². The Morgan fingerprint density at radius 1 is 1.30 bits per heavy atom. The van der Waals surface area contributed by atoms with Crippen molar-refractivity contribution in [1.29, 1.82) is 0 Å². The van der Waals surface area contributed by atoms with E-state index in [4.69, 9.17) is 31.6 Å². The number of alkyl halides is 1. The number of aromatic nitrogens is 2. The first-order chi connectivity index (χ1) is 20.2. The van der Waals surface area contributed by atoms with Gasteiger partial charge < -0.3 is 30.3 Å².